The first-order chi connectivity index (χ1) is 16.4. The van der Waals surface area contributed by atoms with Crippen LogP contribution in [0.5, 0.6) is 28.7 Å². The Morgan fingerprint density at radius 2 is 1.74 bits per heavy atom. The van der Waals surface area contributed by atoms with Crippen molar-refractivity contribution in [1.82, 2.24) is 4.90 Å². The van der Waals surface area contributed by atoms with Gasteiger partial charge in [0.25, 0.3) is 0 Å². The third-order valence-corrected chi connectivity index (χ3v) is 5.51. The van der Waals surface area contributed by atoms with Crippen molar-refractivity contribution in [3.05, 3.63) is 40.5 Å². The fourth-order valence-corrected chi connectivity index (χ4v) is 3.90. The smallest absolute Gasteiger partial charge is 0.342 e. The van der Waals surface area contributed by atoms with Gasteiger partial charge < -0.3 is 33.3 Å². The molecular weight excluding hydrogens is 478 g/mol. The number of carbonyl (C=O) groups is 2. The molecule has 3 rings (SSSR count). The molecule has 0 bridgehead atoms. The van der Waals surface area contributed by atoms with Crippen LogP contribution in [0.25, 0.3) is 0 Å². The lowest BCUT2D eigenvalue weighted by Gasteiger charge is -2.19. The van der Waals surface area contributed by atoms with E-state index in [0.29, 0.717) is 35.0 Å². The second kappa shape index (κ2) is 12.5. The Bertz CT molecular complexity index is 1070. The highest BCUT2D eigenvalue weighted by Crippen LogP contribution is 2.46. The zero-order chi connectivity index (χ0) is 24.8. The van der Waals surface area contributed by atoms with Gasteiger partial charge in [-0.25, -0.2) is 4.79 Å². The Kier molecular flexibility index (Phi) is 10.0. The van der Waals surface area contributed by atoms with E-state index in [0.717, 1.165) is 12.1 Å². The number of ether oxygens (including phenoxy) is 6. The molecule has 9 nitrogen and oxygen atoms in total. The van der Waals surface area contributed by atoms with Crippen molar-refractivity contribution in [2.75, 3.05) is 55.4 Å². The molecule has 35 heavy (non-hydrogen) atoms. The Morgan fingerprint density at radius 1 is 1.03 bits per heavy atom. The van der Waals surface area contributed by atoms with Crippen molar-refractivity contribution in [1.29, 1.82) is 0 Å². The van der Waals surface area contributed by atoms with Gasteiger partial charge in [-0.2, -0.15) is 0 Å². The molecule has 0 radical (unpaired) electrons. The lowest BCUT2D eigenvalue weighted by atomic mass is 9.92. The SMILES string of the molecule is CCOC(=O)c1c(C(=O)Cc2c(CCN(C)C)cc3c(c2OC)OCO3)ccc(OC)c1OC.Cl. The van der Waals surface area contributed by atoms with Crippen molar-refractivity contribution in [2.24, 2.45) is 0 Å². The number of rotatable bonds is 11. The largest absolute Gasteiger partial charge is 0.493 e. The molecule has 1 heterocycles. The maximum absolute atomic E-state index is 13.6. The summed E-state index contributed by atoms with van der Waals surface area (Å²) in [6.07, 6.45) is 0.643. The Balaban J connectivity index is 0.00000432. The normalized spacial score (nSPS) is 11.6. The molecule has 0 saturated heterocycles. The number of benzene rings is 2. The highest BCUT2D eigenvalue weighted by Gasteiger charge is 2.30. The quantitative estimate of drug-likeness (QED) is 0.333. The zero-order valence-corrected chi connectivity index (χ0v) is 21.7. The number of fused-ring (bicyclic) bond motifs is 1. The minimum atomic E-state index is -0.660. The predicted molar refractivity (Wildman–Crippen MR) is 132 cm³/mol. The number of esters is 1. The number of halogens is 1. The molecule has 0 N–H and O–H groups in total. The average Bonchev–Trinajstić information content (AvgIpc) is 3.29. The van der Waals surface area contributed by atoms with Crippen LogP contribution in [0.4, 0.5) is 0 Å². The van der Waals surface area contributed by atoms with Gasteiger partial charge in [0.1, 0.15) is 5.56 Å². The van der Waals surface area contributed by atoms with Crippen LogP contribution in [0, 0.1) is 0 Å². The summed E-state index contributed by atoms with van der Waals surface area (Å²) in [5.41, 5.74) is 1.79. The summed E-state index contributed by atoms with van der Waals surface area (Å²) >= 11 is 0. The van der Waals surface area contributed by atoms with Crippen molar-refractivity contribution in [3.8, 4) is 28.7 Å². The molecular formula is C25H32ClNO8. The molecule has 0 unspecified atom stereocenters. The van der Waals surface area contributed by atoms with Crippen LogP contribution in [-0.2, 0) is 17.6 Å². The van der Waals surface area contributed by atoms with Gasteiger partial charge >= 0.3 is 5.97 Å². The summed E-state index contributed by atoms with van der Waals surface area (Å²) in [6.45, 7) is 2.69. The van der Waals surface area contributed by atoms with Gasteiger partial charge in [-0.15, -0.1) is 12.4 Å². The molecule has 1 aliphatic heterocycles. The van der Waals surface area contributed by atoms with E-state index in [1.807, 2.05) is 20.2 Å². The highest BCUT2D eigenvalue weighted by molar-refractivity contribution is 6.09. The van der Waals surface area contributed by atoms with Crippen LogP contribution in [0.1, 0.15) is 38.8 Å². The van der Waals surface area contributed by atoms with E-state index in [2.05, 4.69) is 4.90 Å². The topological polar surface area (TPSA) is 92.8 Å². The second-order valence-corrected chi connectivity index (χ2v) is 7.88. The molecule has 2 aromatic carbocycles. The number of hydrogen-bond acceptors (Lipinski definition) is 9. The van der Waals surface area contributed by atoms with Gasteiger partial charge in [-0.05, 0) is 51.2 Å². The van der Waals surface area contributed by atoms with E-state index in [9.17, 15) is 9.59 Å². The second-order valence-electron chi connectivity index (χ2n) is 7.88. The van der Waals surface area contributed by atoms with E-state index in [1.54, 1.807) is 19.1 Å². The Morgan fingerprint density at radius 3 is 2.34 bits per heavy atom. The summed E-state index contributed by atoms with van der Waals surface area (Å²) in [5.74, 6) is 1.03. The van der Waals surface area contributed by atoms with Gasteiger partial charge in [0, 0.05) is 24.1 Å². The van der Waals surface area contributed by atoms with Gasteiger partial charge in [-0.3, -0.25) is 4.79 Å². The molecule has 2 aromatic rings. The molecule has 0 amide bonds. The van der Waals surface area contributed by atoms with Crippen molar-refractivity contribution in [2.45, 2.75) is 19.8 Å². The first kappa shape index (κ1) is 28.1. The molecule has 0 fully saturated rings. The summed E-state index contributed by atoms with van der Waals surface area (Å²) in [6, 6.07) is 5.03. The van der Waals surface area contributed by atoms with Crippen LogP contribution >= 0.6 is 12.4 Å². The number of nitrogens with zero attached hydrogens (tertiary/aromatic N) is 1. The molecule has 0 aliphatic carbocycles. The number of methoxy groups -OCH3 is 3. The number of carbonyl (C=O) groups excluding carboxylic acids is 2. The predicted octanol–water partition coefficient (Wildman–Crippen LogP) is 3.57. The van der Waals surface area contributed by atoms with E-state index < -0.39 is 5.97 Å². The maximum atomic E-state index is 13.6. The van der Waals surface area contributed by atoms with Crippen LogP contribution in [0.3, 0.4) is 0 Å². The van der Waals surface area contributed by atoms with Crippen molar-refractivity contribution in [3.63, 3.8) is 0 Å². The lowest BCUT2D eigenvalue weighted by molar-refractivity contribution is 0.0518. The molecule has 0 aromatic heterocycles. The average molecular weight is 510 g/mol. The Hall–Kier alpha value is -3.17. The molecule has 0 saturated carbocycles. The van der Waals surface area contributed by atoms with Crippen molar-refractivity contribution >= 4 is 24.2 Å². The summed E-state index contributed by atoms with van der Waals surface area (Å²) in [4.78, 5) is 28.5. The van der Waals surface area contributed by atoms with Crippen molar-refractivity contribution < 1.29 is 38.0 Å². The first-order valence-electron chi connectivity index (χ1n) is 10.9. The standard InChI is InChI=1S/C25H31NO8.ClH/c1-7-32-25(28)21-16(8-9-19(29-4)23(21)31-6)18(27)13-17-15(10-11-26(2)3)12-20-24(22(17)30-5)34-14-33-20;/h8-9,12H,7,10-11,13-14H2,1-6H3;1H. The number of likely N-dealkylation sites (N-methyl/N-ethyl adjacent to an activating group) is 1. The molecule has 1 aliphatic rings. The molecule has 192 valence electrons. The van der Waals surface area contributed by atoms with Crippen LogP contribution in [-0.4, -0.2) is 72.0 Å². The molecule has 10 heteroatoms. The van der Waals surface area contributed by atoms with E-state index in [1.165, 1.54) is 21.3 Å². The van der Waals surface area contributed by atoms with Gasteiger partial charge in [0.2, 0.25) is 12.5 Å². The lowest BCUT2D eigenvalue weighted by Crippen LogP contribution is -2.18. The monoisotopic (exact) mass is 509 g/mol. The third kappa shape index (κ3) is 5.91. The van der Waals surface area contributed by atoms with Crippen LogP contribution < -0.4 is 23.7 Å². The number of ketones is 1. The minimum absolute atomic E-state index is 0. The fourth-order valence-electron chi connectivity index (χ4n) is 3.90. The molecule has 0 atom stereocenters. The summed E-state index contributed by atoms with van der Waals surface area (Å²) in [7, 11) is 8.36. The van der Waals surface area contributed by atoms with Crippen LogP contribution in [0.2, 0.25) is 0 Å². The first-order valence-corrected chi connectivity index (χ1v) is 10.9. The van der Waals surface area contributed by atoms with E-state index >= 15 is 0 Å². The Labute approximate surface area is 211 Å². The van der Waals surface area contributed by atoms with Gasteiger partial charge in [0.15, 0.2) is 28.8 Å². The third-order valence-electron chi connectivity index (χ3n) is 5.51. The van der Waals surface area contributed by atoms with E-state index in [4.69, 9.17) is 28.4 Å². The highest BCUT2D eigenvalue weighted by atomic mass is 35.5. The van der Waals surface area contributed by atoms with Crippen LogP contribution in [0.15, 0.2) is 18.2 Å². The molecule has 0 spiro atoms. The number of Topliss-reactive ketones (excluding diaryl/α,β-unsaturated/α-hetero) is 1. The minimum Gasteiger partial charge on any atom is -0.493 e. The fraction of sp³-hybridized carbons (Fsp3) is 0.440. The van der Waals surface area contributed by atoms with Gasteiger partial charge in [0.05, 0.1) is 27.9 Å². The van der Waals surface area contributed by atoms with Gasteiger partial charge in [-0.1, -0.05) is 0 Å². The zero-order valence-electron chi connectivity index (χ0n) is 20.9. The van der Waals surface area contributed by atoms with E-state index in [-0.39, 0.29) is 54.9 Å². The number of hydrogen-bond donors (Lipinski definition) is 0. The maximum Gasteiger partial charge on any atom is 0.342 e. The summed E-state index contributed by atoms with van der Waals surface area (Å²) < 4.78 is 32.8. The summed E-state index contributed by atoms with van der Waals surface area (Å²) in [5, 5.41) is 0.